The van der Waals surface area contributed by atoms with Crippen LogP contribution >= 0.6 is 0 Å². The molecule has 0 radical (unpaired) electrons. The van der Waals surface area contributed by atoms with E-state index in [0.717, 1.165) is 21.5 Å². The summed E-state index contributed by atoms with van der Waals surface area (Å²) >= 11 is 0. The Morgan fingerprint density at radius 1 is 0.317 bits per heavy atom. The van der Waals surface area contributed by atoms with E-state index in [-0.39, 0.29) is 5.78 Å². The molecule has 0 atom stereocenters. The summed E-state index contributed by atoms with van der Waals surface area (Å²) in [5.41, 5.74) is 2.15. The van der Waals surface area contributed by atoms with Crippen LogP contribution in [0.2, 0.25) is 18.1 Å². The number of carbonyl (C=O) groups excluding carboxylic acids is 1. The lowest BCUT2D eigenvalue weighted by Crippen LogP contribution is -2.66. The maximum Gasteiger partial charge on any atom is 0.179 e. The van der Waals surface area contributed by atoms with Gasteiger partial charge in [-0.1, -0.05) is 231 Å². The summed E-state index contributed by atoms with van der Waals surface area (Å²) in [6.07, 6.45) is 6.26. The summed E-state index contributed by atoms with van der Waals surface area (Å²) in [4.78, 5) is 17.4. The van der Waals surface area contributed by atoms with Gasteiger partial charge in [-0.2, -0.15) is 0 Å². The summed E-state index contributed by atoms with van der Waals surface area (Å²) in [7, 11) is -9.79. The van der Waals surface area contributed by atoms with E-state index in [1.807, 2.05) is 0 Å². The van der Waals surface area contributed by atoms with E-state index < -0.39 is 24.2 Å². The molecule has 292 valence electrons. The van der Waals surface area contributed by atoms with Crippen LogP contribution in [0.3, 0.4) is 0 Å². The van der Waals surface area contributed by atoms with Crippen LogP contribution in [0.1, 0.15) is 5.56 Å². The van der Waals surface area contributed by atoms with Gasteiger partial charge in [0.15, 0.2) is 30.0 Å². The van der Waals surface area contributed by atoms with Crippen molar-refractivity contribution in [2.75, 3.05) is 0 Å². The van der Waals surface area contributed by atoms with Crippen LogP contribution in [0.4, 0.5) is 0 Å². The highest BCUT2D eigenvalue weighted by atomic mass is 28.3. The molecule has 1 nitrogen and oxygen atoms in total. The molecule has 0 aliphatic heterocycles. The molecule has 0 N–H and O–H groups in total. The van der Waals surface area contributed by atoms with Crippen molar-refractivity contribution in [3.05, 3.63) is 271 Å². The third-order valence-corrected chi connectivity index (χ3v) is 27.4. The SMILES string of the molecule is C=CC[Si](C1=C(c2ccccc2)C([Si](CC=C)(c2ccccc2)c2ccccc2)=C([Si](CC=C)(c2ccccc2)c2ccccc2)C1=O)(c1ccccc1)c1ccccc1. The molecule has 0 bridgehead atoms. The fraction of sp³-hybridized carbons (Fsp3) is 0.0536. The number of allylic oxidation sites excluding steroid dienone is 7. The van der Waals surface area contributed by atoms with Crippen molar-refractivity contribution in [1.29, 1.82) is 0 Å². The number of carbonyl (C=O) groups is 1. The standard InChI is InChI=1S/C56H50OSi3/c1-4-42-58(46-30-16-8-17-31-46,47-32-18-9-19-33-47)54-52(45-28-14-7-15-29-45)55(59(43-5-2,48-34-20-10-21-35-48)49-36-22-11-23-37-49)56(53(54)57)60(44-6-3,50-38-24-12-25-39-50)51-40-26-13-27-41-51/h4-41H,1-3,42-44H2. The second-order valence-electron chi connectivity index (χ2n) is 15.6. The third-order valence-electron chi connectivity index (χ3n) is 12.5. The maximum absolute atomic E-state index is 17.4. The van der Waals surface area contributed by atoms with Crippen molar-refractivity contribution < 1.29 is 4.79 Å². The number of ketones is 1. The molecule has 0 heterocycles. The summed E-state index contributed by atoms with van der Waals surface area (Å²) in [5, 5.41) is 10.4. The van der Waals surface area contributed by atoms with Crippen molar-refractivity contribution in [2.24, 2.45) is 0 Å². The van der Waals surface area contributed by atoms with Crippen LogP contribution in [0, 0.1) is 0 Å². The van der Waals surface area contributed by atoms with Crippen LogP contribution in [0.25, 0.3) is 5.57 Å². The number of hydrogen-bond donors (Lipinski definition) is 0. The molecule has 0 spiro atoms. The average Bonchev–Trinajstić information content (AvgIpc) is 3.64. The first-order valence-corrected chi connectivity index (χ1v) is 27.5. The van der Waals surface area contributed by atoms with Crippen molar-refractivity contribution in [3.8, 4) is 0 Å². The largest absolute Gasteiger partial charge is 0.290 e. The Labute approximate surface area is 359 Å². The average molecular weight is 823 g/mol. The molecule has 7 aromatic rings. The van der Waals surface area contributed by atoms with Crippen LogP contribution < -0.4 is 31.1 Å². The summed E-state index contributed by atoms with van der Waals surface area (Å²) < 4.78 is 0. The molecule has 8 rings (SSSR count). The monoisotopic (exact) mass is 822 g/mol. The molecule has 1 aliphatic rings. The minimum Gasteiger partial charge on any atom is -0.290 e. The zero-order valence-corrected chi connectivity index (χ0v) is 37.1. The van der Waals surface area contributed by atoms with Crippen molar-refractivity contribution >= 4 is 66.7 Å². The van der Waals surface area contributed by atoms with E-state index in [1.165, 1.54) is 36.3 Å². The van der Waals surface area contributed by atoms with E-state index in [1.54, 1.807) is 0 Å². The summed E-state index contributed by atoms with van der Waals surface area (Å²) in [5.74, 6) is 0.166. The zero-order valence-electron chi connectivity index (χ0n) is 34.1. The molecule has 1 aliphatic carbocycles. The fourth-order valence-corrected chi connectivity index (χ4v) is 25.8. The normalized spacial score (nSPS) is 13.3. The third kappa shape index (κ3) is 6.77. The molecule has 0 saturated heterocycles. The van der Waals surface area contributed by atoms with Gasteiger partial charge in [0, 0.05) is 5.20 Å². The lowest BCUT2D eigenvalue weighted by atomic mass is 10.1. The van der Waals surface area contributed by atoms with Gasteiger partial charge in [-0.25, -0.2) is 0 Å². The number of rotatable bonds is 16. The Morgan fingerprint density at radius 2 is 0.550 bits per heavy atom. The molecular weight excluding hydrogens is 773 g/mol. The maximum atomic E-state index is 17.4. The Bertz CT molecular complexity index is 2540. The highest BCUT2D eigenvalue weighted by Gasteiger charge is 2.59. The van der Waals surface area contributed by atoms with Crippen LogP contribution in [0.15, 0.2) is 266 Å². The van der Waals surface area contributed by atoms with E-state index in [2.05, 4.69) is 250 Å². The Hall–Kier alpha value is -6.44. The van der Waals surface area contributed by atoms with Gasteiger partial charge in [-0.15, -0.1) is 19.7 Å². The van der Waals surface area contributed by atoms with Crippen molar-refractivity contribution in [2.45, 2.75) is 18.1 Å². The molecule has 0 saturated carbocycles. The van der Waals surface area contributed by atoms with Gasteiger partial charge in [0.05, 0.1) is 0 Å². The Balaban J connectivity index is 1.70. The van der Waals surface area contributed by atoms with Crippen LogP contribution in [-0.4, -0.2) is 30.0 Å². The topological polar surface area (TPSA) is 17.1 Å². The van der Waals surface area contributed by atoms with Gasteiger partial charge in [-0.05, 0) is 70.8 Å². The van der Waals surface area contributed by atoms with Gasteiger partial charge in [-0.3, -0.25) is 4.79 Å². The van der Waals surface area contributed by atoms with E-state index in [4.69, 9.17) is 0 Å². The molecule has 60 heavy (non-hydrogen) atoms. The fourth-order valence-electron chi connectivity index (χ4n) is 10.1. The van der Waals surface area contributed by atoms with Gasteiger partial charge in [0.2, 0.25) is 0 Å². The van der Waals surface area contributed by atoms with Gasteiger partial charge < -0.3 is 0 Å². The lowest BCUT2D eigenvalue weighted by Gasteiger charge is -2.40. The first-order valence-electron chi connectivity index (χ1n) is 20.8. The first-order chi connectivity index (χ1) is 29.6. The van der Waals surface area contributed by atoms with Gasteiger partial charge in [0.25, 0.3) is 0 Å². The van der Waals surface area contributed by atoms with Gasteiger partial charge in [0.1, 0.15) is 0 Å². The van der Waals surface area contributed by atoms with Crippen LogP contribution in [-0.2, 0) is 4.79 Å². The van der Waals surface area contributed by atoms with Crippen molar-refractivity contribution in [1.82, 2.24) is 0 Å². The van der Waals surface area contributed by atoms with E-state index in [0.29, 0.717) is 18.1 Å². The number of Topliss-reactive ketones (excluding diaryl/α,β-unsaturated/α-hetero) is 1. The smallest absolute Gasteiger partial charge is 0.179 e. The molecule has 0 amide bonds. The molecule has 4 heteroatoms. The molecule has 7 aromatic carbocycles. The highest BCUT2D eigenvalue weighted by Crippen LogP contribution is 2.49. The van der Waals surface area contributed by atoms with Crippen molar-refractivity contribution in [3.63, 3.8) is 0 Å². The molecule has 0 unspecified atom stereocenters. The number of benzene rings is 7. The minimum atomic E-state index is -3.30. The van der Waals surface area contributed by atoms with E-state index in [9.17, 15) is 0 Å². The zero-order chi connectivity index (χ0) is 41.4. The predicted octanol–water partition coefficient (Wildman–Crippen LogP) is 9.28. The van der Waals surface area contributed by atoms with Crippen LogP contribution in [0.5, 0.6) is 0 Å². The quantitative estimate of drug-likeness (QED) is 0.0702. The second kappa shape index (κ2) is 17.8. The Kier molecular flexibility index (Phi) is 12.0. The lowest BCUT2D eigenvalue weighted by molar-refractivity contribution is -0.111. The predicted molar refractivity (Wildman–Crippen MR) is 264 cm³/mol. The number of hydrogen-bond acceptors (Lipinski definition) is 1. The first kappa shape index (κ1) is 40.3. The van der Waals surface area contributed by atoms with E-state index >= 15 is 4.79 Å². The highest BCUT2D eigenvalue weighted by molar-refractivity contribution is 7.19. The second-order valence-corrected chi connectivity index (χ2v) is 27.2. The Morgan fingerprint density at radius 3 is 0.817 bits per heavy atom. The molecule has 0 aromatic heterocycles. The summed E-state index contributed by atoms with van der Waals surface area (Å²) in [6.45, 7) is 13.5. The van der Waals surface area contributed by atoms with Gasteiger partial charge >= 0.3 is 0 Å². The minimum absolute atomic E-state index is 0.166. The summed E-state index contributed by atoms with van der Waals surface area (Å²) in [6, 6.07) is 78.5. The molecular formula is C56H50OSi3. The molecule has 0 fully saturated rings.